The standard InChI is InChI=1S/C14H11F2N5/c1-8-4-10(15)2-3-13(8)21-14(18-19-20-21)9-5-11(16)7-12(17)6-9/h2-7H,17H2,1H3. The molecule has 106 valence electrons. The summed E-state index contributed by atoms with van der Waals surface area (Å²) < 4.78 is 28.1. The minimum atomic E-state index is -0.477. The van der Waals surface area contributed by atoms with Crippen LogP contribution in [0.5, 0.6) is 0 Å². The first-order valence-electron chi connectivity index (χ1n) is 6.16. The normalized spacial score (nSPS) is 10.8. The summed E-state index contributed by atoms with van der Waals surface area (Å²) in [6.45, 7) is 1.74. The van der Waals surface area contributed by atoms with Crippen LogP contribution in [0.25, 0.3) is 17.1 Å². The van der Waals surface area contributed by atoms with Gasteiger partial charge in [-0.2, -0.15) is 4.68 Å². The number of hydrogen-bond donors (Lipinski definition) is 1. The highest BCUT2D eigenvalue weighted by molar-refractivity contribution is 5.63. The Morgan fingerprint density at radius 1 is 1.05 bits per heavy atom. The van der Waals surface area contributed by atoms with E-state index in [1.807, 2.05) is 0 Å². The minimum absolute atomic E-state index is 0.273. The molecule has 0 radical (unpaired) electrons. The maximum atomic E-state index is 13.5. The topological polar surface area (TPSA) is 69.6 Å². The lowest BCUT2D eigenvalue weighted by molar-refractivity contribution is 0.625. The summed E-state index contributed by atoms with van der Waals surface area (Å²) in [5.74, 6) is -0.493. The Balaban J connectivity index is 2.17. The van der Waals surface area contributed by atoms with E-state index in [1.54, 1.807) is 19.1 Å². The van der Waals surface area contributed by atoms with E-state index in [2.05, 4.69) is 15.5 Å². The van der Waals surface area contributed by atoms with E-state index in [1.165, 1.54) is 28.9 Å². The Labute approximate surface area is 119 Å². The summed E-state index contributed by atoms with van der Waals surface area (Å²) >= 11 is 0. The molecule has 0 fully saturated rings. The van der Waals surface area contributed by atoms with Crippen molar-refractivity contribution in [2.45, 2.75) is 6.92 Å². The SMILES string of the molecule is Cc1cc(F)ccc1-n1nnnc1-c1cc(N)cc(F)c1. The first-order valence-corrected chi connectivity index (χ1v) is 6.16. The number of nitrogens with two attached hydrogens (primary N) is 1. The third kappa shape index (κ3) is 2.45. The van der Waals surface area contributed by atoms with Gasteiger partial charge in [-0.15, -0.1) is 5.10 Å². The predicted molar refractivity (Wildman–Crippen MR) is 73.7 cm³/mol. The minimum Gasteiger partial charge on any atom is -0.399 e. The summed E-state index contributed by atoms with van der Waals surface area (Å²) in [6, 6.07) is 8.32. The molecule has 2 N–H and O–H groups in total. The quantitative estimate of drug-likeness (QED) is 0.735. The molecule has 3 aromatic rings. The fraction of sp³-hybridized carbons (Fsp3) is 0.0714. The number of anilines is 1. The molecule has 2 aromatic carbocycles. The molecule has 21 heavy (non-hydrogen) atoms. The van der Waals surface area contributed by atoms with E-state index < -0.39 is 5.82 Å². The van der Waals surface area contributed by atoms with Crippen LogP contribution in [0.2, 0.25) is 0 Å². The Morgan fingerprint density at radius 2 is 1.86 bits per heavy atom. The van der Waals surface area contributed by atoms with E-state index in [0.29, 0.717) is 22.6 Å². The number of nitrogen functional groups attached to an aromatic ring is 1. The first-order chi connectivity index (χ1) is 10.0. The van der Waals surface area contributed by atoms with Gasteiger partial charge in [-0.25, -0.2) is 8.78 Å². The molecule has 3 rings (SSSR count). The lowest BCUT2D eigenvalue weighted by atomic mass is 10.1. The highest BCUT2D eigenvalue weighted by atomic mass is 19.1. The van der Waals surface area contributed by atoms with E-state index in [4.69, 9.17) is 5.73 Å². The van der Waals surface area contributed by atoms with Gasteiger partial charge >= 0.3 is 0 Å². The predicted octanol–water partition coefficient (Wildman–Crippen LogP) is 2.50. The largest absolute Gasteiger partial charge is 0.399 e. The molecule has 0 atom stereocenters. The third-order valence-electron chi connectivity index (χ3n) is 3.03. The lowest BCUT2D eigenvalue weighted by Crippen LogP contribution is -2.03. The number of tetrazole rings is 1. The summed E-state index contributed by atoms with van der Waals surface area (Å²) in [6.07, 6.45) is 0. The van der Waals surface area contributed by atoms with Crippen LogP contribution in [0.1, 0.15) is 5.56 Å². The molecule has 0 aliphatic heterocycles. The molecule has 0 aliphatic rings. The molecule has 0 spiro atoms. The van der Waals surface area contributed by atoms with Gasteiger partial charge in [0.1, 0.15) is 11.6 Å². The number of rotatable bonds is 2. The van der Waals surface area contributed by atoms with E-state index in [0.717, 1.165) is 0 Å². The molecule has 0 saturated heterocycles. The summed E-state index contributed by atoms with van der Waals surface area (Å²) in [5, 5.41) is 11.4. The van der Waals surface area contributed by atoms with Crippen molar-refractivity contribution in [3.8, 4) is 17.1 Å². The van der Waals surface area contributed by atoms with Gasteiger partial charge in [-0.05, 0) is 59.3 Å². The van der Waals surface area contributed by atoms with E-state index >= 15 is 0 Å². The van der Waals surface area contributed by atoms with Crippen LogP contribution < -0.4 is 5.73 Å². The van der Waals surface area contributed by atoms with Crippen LogP contribution >= 0.6 is 0 Å². The van der Waals surface area contributed by atoms with Crippen LogP contribution in [-0.2, 0) is 0 Å². The van der Waals surface area contributed by atoms with Gasteiger partial charge < -0.3 is 5.73 Å². The van der Waals surface area contributed by atoms with Crippen LogP contribution in [0.15, 0.2) is 36.4 Å². The fourth-order valence-electron chi connectivity index (χ4n) is 2.13. The smallest absolute Gasteiger partial charge is 0.187 e. The second-order valence-electron chi connectivity index (χ2n) is 4.62. The number of aromatic nitrogens is 4. The highest BCUT2D eigenvalue weighted by Crippen LogP contribution is 2.24. The number of hydrogen-bond acceptors (Lipinski definition) is 4. The van der Waals surface area contributed by atoms with Crippen molar-refractivity contribution in [3.05, 3.63) is 53.6 Å². The first kappa shape index (κ1) is 13.2. The fourth-order valence-corrected chi connectivity index (χ4v) is 2.13. The second-order valence-corrected chi connectivity index (χ2v) is 4.62. The molecule has 0 saturated carbocycles. The third-order valence-corrected chi connectivity index (χ3v) is 3.03. The van der Waals surface area contributed by atoms with E-state index in [9.17, 15) is 8.78 Å². The molecular formula is C14H11F2N5. The van der Waals surface area contributed by atoms with Gasteiger partial charge in [-0.1, -0.05) is 0 Å². The average Bonchev–Trinajstić information content (AvgIpc) is 2.86. The molecule has 0 unspecified atom stereocenters. The van der Waals surface area contributed by atoms with Gasteiger partial charge in [-0.3, -0.25) is 0 Å². The Bertz CT molecular complexity index is 793. The molecule has 0 aliphatic carbocycles. The lowest BCUT2D eigenvalue weighted by Gasteiger charge is -2.08. The number of nitrogens with zero attached hydrogens (tertiary/aromatic N) is 4. The van der Waals surface area contributed by atoms with Crippen molar-refractivity contribution in [2.75, 3.05) is 5.73 Å². The summed E-state index contributed by atoms with van der Waals surface area (Å²) in [7, 11) is 0. The highest BCUT2D eigenvalue weighted by Gasteiger charge is 2.14. The second kappa shape index (κ2) is 4.93. The monoisotopic (exact) mass is 287 g/mol. The zero-order valence-electron chi connectivity index (χ0n) is 11.1. The van der Waals surface area contributed by atoms with Crippen LogP contribution in [0, 0.1) is 18.6 Å². The number of aryl methyl sites for hydroxylation is 1. The van der Waals surface area contributed by atoms with Crippen molar-refractivity contribution in [2.24, 2.45) is 0 Å². The molecule has 0 bridgehead atoms. The molecule has 1 heterocycles. The van der Waals surface area contributed by atoms with Crippen molar-refractivity contribution >= 4 is 5.69 Å². The number of halogens is 2. The number of benzene rings is 2. The van der Waals surface area contributed by atoms with Gasteiger partial charge in [0.15, 0.2) is 5.82 Å². The van der Waals surface area contributed by atoms with Gasteiger partial charge in [0.2, 0.25) is 0 Å². The maximum absolute atomic E-state index is 13.5. The van der Waals surface area contributed by atoms with Crippen molar-refractivity contribution in [1.82, 2.24) is 20.2 Å². The summed E-state index contributed by atoms with van der Waals surface area (Å²) in [5.41, 5.74) is 7.63. The molecule has 7 heteroatoms. The zero-order valence-corrected chi connectivity index (χ0v) is 11.1. The zero-order chi connectivity index (χ0) is 15.0. The Kier molecular flexibility index (Phi) is 3.09. The van der Waals surface area contributed by atoms with Crippen molar-refractivity contribution in [1.29, 1.82) is 0 Å². The molecule has 1 aromatic heterocycles. The van der Waals surface area contributed by atoms with Gasteiger partial charge in [0, 0.05) is 11.3 Å². The molecular weight excluding hydrogens is 276 g/mol. The molecule has 0 amide bonds. The molecule has 5 nitrogen and oxygen atoms in total. The van der Waals surface area contributed by atoms with Gasteiger partial charge in [0.25, 0.3) is 0 Å². The summed E-state index contributed by atoms with van der Waals surface area (Å²) in [4.78, 5) is 0. The van der Waals surface area contributed by atoms with Crippen LogP contribution in [0.4, 0.5) is 14.5 Å². The average molecular weight is 287 g/mol. The van der Waals surface area contributed by atoms with Crippen LogP contribution in [-0.4, -0.2) is 20.2 Å². The van der Waals surface area contributed by atoms with E-state index in [-0.39, 0.29) is 11.5 Å². The van der Waals surface area contributed by atoms with Crippen molar-refractivity contribution in [3.63, 3.8) is 0 Å². The van der Waals surface area contributed by atoms with Crippen LogP contribution in [0.3, 0.4) is 0 Å². The Hall–Kier alpha value is -2.83. The maximum Gasteiger partial charge on any atom is 0.187 e. The van der Waals surface area contributed by atoms with Gasteiger partial charge in [0.05, 0.1) is 5.69 Å². The van der Waals surface area contributed by atoms with Crippen molar-refractivity contribution < 1.29 is 8.78 Å². The Morgan fingerprint density at radius 3 is 2.57 bits per heavy atom.